The van der Waals surface area contributed by atoms with Gasteiger partial charge in [-0.2, -0.15) is 0 Å². The molecule has 0 aliphatic heterocycles. The summed E-state index contributed by atoms with van der Waals surface area (Å²) < 4.78 is 4.88. The van der Waals surface area contributed by atoms with Crippen molar-refractivity contribution in [3.63, 3.8) is 0 Å². The molecule has 17 heavy (non-hydrogen) atoms. The molecule has 0 aliphatic carbocycles. The zero-order valence-corrected chi connectivity index (χ0v) is 10.2. The maximum atomic E-state index is 11.0. The lowest BCUT2D eigenvalue weighted by Gasteiger charge is -2.27. The van der Waals surface area contributed by atoms with Crippen LogP contribution >= 0.6 is 0 Å². The molecule has 0 aromatic rings. The number of aliphatic carboxylic acids is 2. The number of carboxylic acid groups (broad SMARTS) is 2. The Morgan fingerprint density at radius 3 is 1.53 bits per heavy atom. The molecule has 0 aliphatic rings. The van der Waals surface area contributed by atoms with Crippen LogP contribution in [-0.2, 0) is 19.1 Å². The fraction of sp³-hybridized carbons (Fsp3) is 0.727. The molecule has 0 aromatic heterocycles. The lowest BCUT2D eigenvalue weighted by molar-refractivity contribution is -0.166. The molecule has 0 saturated heterocycles. The van der Waals surface area contributed by atoms with Gasteiger partial charge in [0, 0.05) is 6.92 Å². The quantitative estimate of drug-likeness (QED) is 0.653. The summed E-state index contributed by atoms with van der Waals surface area (Å²) >= 11 is 0. The largest absolute Gasteiger partial charge is 0.481 e. The zero-order chi connectivity index (χ0) is 13.6. The van der Waals surface area contributed by atoms with Gasteiger partial charge in [0.15, 0.2) is 0 Å². The average molecular weight is 246 g/mol. The fourth-order valence-corrected chi connectivity index (χ4v) is 1.73. The third kappa shape index (κ3) is 4.42. The van der Waals surface area contributed by atoms with E-state index in [1.807, 2.05) is 0 Å². The first kappa shape index (κ1) is 15.4. The van der Waals surface area contributed by atoms with Crippen molar-refractivity contribution < 1.29 is 29.3 Å². The summed E-state index contributed by atoms with van der Waals surface area (Å²) in [6.07, 6.45) is -0.716. The van der Waals surface area contributed by atoms with Gasteiger partial charge < -0.3 is 14.9 Å². The highest BCUT2D eigenvalue weighted by atomic mass is 16.5. The Balaban J connectivity index is 5.14. The van der Waals surface area contributed by atoms with E-state index in [9.17, 15) is 14.4 Å². The van der Waals surface area contributed by atoms with Gasteiger partial charge in [-0.3, -0.25) is 14.4 Å². The van der Waals surface area contributed by atoms with E-state index >= 15 is 0 Å². The van der Waals surface area contributed by atoms with Gasteiger partial charge in [-0.25, -0.2) is 0 Å². The molecule has 0 fully saturated rings. The van der Waals surface area contributed by atoms with Gasteiger partial charge in [0.1, 0.15) is 6.10 Å². The van der Waals surface area contributed by atoms with Gasteiger partial charge in [-0.15, -0.1) is 0 Å². The van der Waals surface area contributed by atoms with Crippen LogP contribution in [0.5, 0.6) is 0 Å². The van der Waals surface area contributed by atoms with Crippen LogP contribution in [0.1, 0.15) is 33.6 Å². The Bertz CT molecular complexity index is 276. The van der Waals surface area contributed by atoms with Crippen molar-refractivity contribution in [1.82, 2.24) is 0 Å². The van der Waals surface area contributed by atoms with Crippen LogP contribution < -0.4 is 0 Å². The number of carbonyl (C=O) groups is 3. The summed E-state index contributed by atoms with van der Waals surface area (Å²) in [6.45, 7) is 4.36. The van der Waals surface area contributed by atoms with E-state index in [-0.39, 0.29) is 12.8 Å². The van der Waals surface area contributed by atoms with E-state index < -0.39 is 35.8 Å². The molecule has 0 bridgehead atoms. The van der Waals surface area contributed by atoms with Gasteiger partial charge in [0.2, 0.25) is 0 Å². The minimum Gasteiger partial charge on any atom is -0.481 e. The van der Waals surface area contributed by atoms with Gasteiger partial charge in [0.05, 0.1) is 11.8 Å². The van der Waals surface area contributed by atoms with Crippen molar-refractivity contribution in [1.29, 1.82) is 0 Å². The second kappa shape index (κ2) is 6.88. The SMILES string of the molecule is CCC(C(=O)O)C(OC(C)=O)C(CC)C(=O)O. The summed E-state index contributed by atoms with van der Waals surface area (Å²) in [4.78, 5) is 33.0. The number of hydrogen-bond donors (Lipinski definition) is 2. The average Bonchev–Trinajstić information content (AvgIpc) is 2.17. The maximum Gasteiger partial charge on any atom is 0.310 e. The molecule has 0 radical (unpaired) electrons. The molecule has 0 heterocycles. The molecule has 0 spiro atoms. The van der Waals surface area contributed by atoms with Crippen LogP contribution in [0.2, 0.25) is 0 Å². The van der Waals surface area contributed by atoms with E-state index in [2.05, 4.69) is 0 Å². The third-order valence-electron chi connectivity index (χ3n) is 2.61. The molecule has 98 valence electrons. The van der Waals surface area contributed by atoms with Crippen LogP contribution in [0, 0.1) is 11.8 Å². The smallest absolute Gasteiger partial charge is 0.310 e. The molecule has 2 N–H and O–H groups in total. The van der Waals surface area contributed by atoms with Crippen molar-refractivity contribution in [2.75, 3.05) is 0 Å². The van der Waals surface area contributed by atoms with E-state index in [1.165, 1.54) is 0 Å². The highest BCUT2D eigenvalue weighted by molar-refractivity contribution is 5.76. The molecule has 0 aromatic carbocycles. The molecule has 0 rings (SSSR count). The molecule has 6 heteroatoms. The lowest BCUT2D eigenvalue weighted by Crippen LogP contribution is -2.41. The summed E-state index contributed by atoms with van der Waals surface area (Å²) in [6, 6.07) is 0. The molecule has 0 amide bonds. The second-order valence-corrected chi connectivity index (χ2v) is 3.78. The minimum absolute atomic E-state index is 0.205. The predicted molar refractivity (Wildman–Crippen MR) is 58.4 cm³/mol. The Morgan fingerprint density at radius 1 is 1.00 bits per heavy atom. The van der Waals surface area contributed by atoms with Crippen molar-refractivity contribution in [2.24, 2.45) is 11.8 Å². The summed E-state index contributed by atoms with van der Waals surface area (Å²) in [5, 5.41) is 18.0. The summed E-state index contributed by atoms with van der Waals surface area (Å²) in [7, 11) is 0. The molecular weight excluding hydrogens is 228 g/mol. The zero-order valence-electron chi connectivity index (χ0n) is 10.2. The van der Waals surface area contributed by atoms with Crippen LogP contribution in [0.3, 0.4) is 0 Å². The number of carbonyl (C=O) groups excluding carboxylic acids is 1. The summed E-state index contributed by atoms with van der Waals surface area (Å²) in [5.41, 5.74) is 0. The monoisotopic (exact) mass is 246 g/mol. The Kier molecular flexibility index (Phi) is 6.23. The van der Waals surface area contributed by atoms with Crippen molar-refractivity contribution in [2.45, 2.75) is 39.7 Å². The van der Waals surface area contributed by atoms with E-state index in [1.54, 1.807) is 13.8 Å². The number of rotatable bonds is 7. The number of carboxylic acids is 2. The second-order valence-electron chi connectivity index (χ2n) is 3.78. The fourth-order valence-electron chi connectivity index (χ4n) is 1.73. The maximum absolute atomic E-state index is 11.0. The van der Waals surface area contributed by atoms with E-state index in [0.29, 0.717) is 0 Å². The molecule has 2 atom stereocenters. The highest BCUT2D eigenvalue weighted by Crippen LogP contribution is 2.24. The normalized spacial score (nSPS) is 15.7. The molecular formula is C11H18O6. The Morgan fingerprint density at radius 2 is 1.35 bits per heavy atom. The minimum atomic E-state index is -1.15. The van der Waals surface area contributed by atoms with Gasteiger partial charge in [-0.05, 0) is 12.8 Å². The van der Waals surface area contributed by atoms with Gasteiger partial charge in [0.25, 0.3) is 0 Å². The highest BCUT2D eigenvalue weighted by Gasteiger charge is 2.38. The Hall–Kier alpha value is -1.59. The molecule has 2 unspecified atom stereocenters. The van der Waals surface area contributed by atoms with Gasteiger partial charge >= 0.3 is 17.9 Å². The van der Waals surface area contributed by atoms with Crippen LogP contribution in [0.25, 0.3) is 0 Å². The first-order chi connectivity index (χ1) is 7.84. The molecule has 6 nitrogen and oxygen atoms in total. The number of esters is 1. The van der Waals surface area contributed by atoms with Crippen LogP contribution in [0.15, 0.2) is 0 Å². The van der Waals surface area contributed by atoms with Crippen LogP contribution in [0.4, 0.5) is 0 Å². The number of hydrogen-bond acceptors (Lipinski definition) is 4. The first-order valence-corrected chi connectivity index (χ1v) is 5.47. The van der Waals surface area contributed by atoms with Crippen molar-refractivity contribution >= 4 is 17.9 Å². The summed E-state index contributed by atoms with van der Waals surface area (Å²) in [5.74, 6) is -4.98. The number of ether oxygens (including phenoxy) is 1. The van der Waals surface area contributed by atoms with Crippen LogP contribution in [-0.4, -0.2) is 34.2 Å². The topological polar surface area (TPSA) is 101 Å². The Labute approximate surface area is 99.6 Å². The van der Waals surface area contributed by atoms with Crippen molar-refractivity contribution in [3.8, 4) is 0 Å². The van der Waals surface area contributed by atoms with E-state index in [4.69, 9.17) is 14.9 Å². The third-order valence-corrected chi connectivity index (χ3v) is 2.61. The van der Waals surface area contributed by atoms with Crippen molar-refractivity contribution in [3.05, 3.63) is 0 Å². The predicted octanol–water partition coefficient (Wildman–Crippen LogP) is 1.14. The molecule has 0 saturated carbocycles. The standard InChI is InChI=1S/C11H18O6/c1-4-7(10(13)14)9(17-6(3)12)8(5-2)11(15)16/h7-9H,4-5H2,1-3H3,(H,13,14)(H,15,16). The first-order valence-electron chi connectivity index (χ1n) is 5.47. The lowest BCUT2D eigenvalue weighted by atomic mass is 9.87. The van der Waals surface area contributed by atoms with Gasteiger partial charge in [-0.1, -0.05) is 13.8 Å². The van der Waals surface area contributed by atoms with E-state index in [0.717, 1.165) is 6.92 Å².